The van der Waals surface area contributed by atoms with E-state index in [0.29, 0.717) is 0 Å². The molecule has 0 bridgehead atoms. The standard InChI is InChI=1S/C7H12N4O4S2/c1-10-6(12)5(9-11(2)7(10)13)16-3-4-17(8,14)15/h3-4H2,1-2H3,(H2,8,14,15). The fraction of sp³-hybridized carbons (Fsp3) is 0.571. The molecular weight excluding hydrogens is 268 g/mol. The Balaban J connectivity index is 2.94. The van der Waals surface area contributed by atoms with Gasteiger partial charge in [0.2, 0.25) is 10.0 Å². The molecule has 0 aliphatic heterocycles. The van der Waals surface area contributed by atoms with Crippen LogP contribution in [0.15, 0.2) is 14.6 Å². The van der Waals surface area contributed by atoms with Crippen molar-refractivity contribution in [3.05, 3.63) is 20.8 Å². The molecule has 8 nitrogen and oxygen atoms in total. The van der Waals surface area contributed by atoms with Gasteiger partial charge < -0.3 is 0 Å². The van der Waals surface area contributed by atoms with Crippen LogP contribution in [-0.2, 0) is 24.1 Å². The molecule has 2 N–H and O–H groups in total. The maximum atomic E-state index is 11.6. The second-order valence-corrected chi connectivity index (χ2v) is 6.11. The maximum Gasteiger partial charge on any atom is 0.346 e. The molecule has 10 heteroatoms. The molecule has 0 aliphatic carbocycles. The molecule has 0 aromatic carbocycles. The molecule has 96 valence electrons. The Hall–Kier alpha value is -1.13. The van der Waals surface area contributed by atoms with Gasteiger partial charge in [0, 0.05) is 19.8 Å². The third-order valence-electron chi connectivity index (χ3n) is 1.90. The number of primary sulfonamides is 1. The summed E-state index contributed by atoms with van der Waals surface area (Å²) in [5, 5.41) is 8.64. The Labute approximate surface area is 101 Å². The molecule has 0 atom stereocenters. The minimum atomic E-state index is -3.56. The molecule has 17 heavy (non-hydrogen) atoms. The molecule has 0 saturated heterocycles. The van der Waals surface area contributed by atoms with Crippen LogP contribution in [0.3, 0.4) is 0 Å². The van der Waals surface area contributed by atoms with Gasteiger partial charge in [0.15, 0.2) is 5.03 Å². The molecule has 0 amide bonds. The number of nitrogens with zero attached hydrogens (tertiary/aromatic N) is 3. The topological polar surface area (TPSA) is 117 Å². The lowest BCUT2D eigenvalue weighted by Gasteiger charge is -2.04. The summed E-state index contributed by atoms with van der Waals surface area (Å²) in [5.74, 6) is -0.148. The quantitative estimate of drug-likeness (QED) is 0.629. The average Bonchev–Trinajstić information content (AvgIpc) is 2.21. The van der Waals surface area contributed by atoms with E-state index in [0.717, 1.165) is 21.0 Å². The van der Waals surface area contributed by atoms with Gasteiger partial charge in [0.1, 0.15) is 0 Å². The van der Waals surface area contributed by atoms with Crippen molar-refractivity contribution >= 4 is 21.8 Å². The number of sulfonamides is 1. The SMILES string of the molecule is Cn1nc(SCCS(N)(=O)=O)c(=O)n(C)c1=O. The van der Waals surface area contributed by atoms with Gasteiger partial charge in [0.25, 0.3) is 5.56 Å². The predicted octanol–water partition coefficient (Wildman–Crippen LogP) is -2.14. The van der Waals surface area contributed by atoms with Crippen LogP contribution in [0.1, 0.15) is 0 Å². The summed E-state index contributed by atoms with van der Waals surface area (Å²) in [5.41, 5.74) is -1.08. The minimum absolute atomic E-state index is 0.0678. The zero-order valence-electron chi connectivity index (χ0n) is 9.28. The van der Waals surface area contributed by atoms with E-state index in [1.165, 1.54) is 14.1 Å². The van der Waals surface area contributed by atoms with E-state index < -0.39 is 21.3 Å². The van der Waals surface area contributed by atoms with Crippen molar-refractivity contribution in [2.75, 3.05) is 11.5 Å². The summed E-state index contributed by atoms with van der Waals surface area (Å²) < 4.78 is 23.3. The van der Waals surface area contributed by atoms with Crippen LogP contribution < -0.4 is 16.4 Å². The first-order valence-electron chi connectivity index (χ1n) is 4.50. The van der Waals surface area contributed by atoms with Gasteiger partial charge in [0.05, 0.1) is 5.75 Å². The highest BCUT2D eigenvalue weighted by atomic mass is 32.2. The highest BCUT2D eigenvalue weighted by molar-refractivity contribution is 8.00. The summed E-state index contributed by atoms with van der Waals surface area (Å²) >= 11 is 0.948. The second-order valence-electron chi connectivity index (χ2n) is 3.29. The number of aryl methyl sites for hydroxylation is 1. The van der Waals surface area contributed by atoms with Crippen LogP contribution in [-0.4, -0.2) is 34.3 Å². The fourth-order valence-electron chi connectivity index (χ4n) is 1.01. The third-order valence-corrected chi connectivity index (χ3v) is 3.87. The van der Waals surface area contributed by atoms with Gasteiger partial charge in [-0.15, -0.1) is 0 Å². The van der Waals surface area contributed by atoms with Crippen molar-refractivity contribution in [2.45, 2.75) is 5.03 Å². The normalized spacial score (nSPS) is 11.7. The van der Waals surface area contributed by atoms with Gasteiger partial charge in [-0.25, -0.2) is 23.0 Å². The lowest BCUT2D eigenvalue weighted by Crippen LogP contribution is -2.39. The highest BCUT2D eigenvalue weighted by Crippen LogP contribution is 2.08. The lowest BCUT2D eigenvalue weighted by atomic mass is 10.8. The molecule has 1 heterocycles. The van der Waals surface area contributed by atoms with E-state index in [-0.39, 0.29) is 16.5 Å². The van der Waals surface area contributed by atoms with Crippen LogP contribution in [0.4, 0.5) is 0 Å². The van der Waals surface area contributed by atoms with Crippen LogP contribution in [0.5, 0.6) is 0 Å². The summed E-state index contributed by atoms with van der Waals surface area (Å²) in [7, 11) is -0.824. The van der Waals surface area contributed by atoms with Crippen molar-refractivity contribution in [3.8, 4) is 0 Å². The van der Waals surface area contributed by atoms with Crippen LogP contribution in [0.2, 0.25) is 0 Å². The summed E-state index contributed by atoms with van der Waals surface area (Å²) in [6.07, 6.45) is 0. The van der Waals surface area contributed by atoms with E-state index in [1.807, 2.05) is 0 Å². The van der Waals surface area contributed by atoms with Gasteiger partial charge in [-0.1, -0.05) is 11.8 Å². The summed E-state index contributed by atoms with van der Waals surface area (Å²) in [6.45, 7) is 0. The van der Waals surface area contributed by atoms with Crippen LogP contribution in [0, 0.1) is 0 Å². The van der Waals surface area contributed by atoms with Gasteiger partial charge >= 0.3 is 5.69 Å². The first-order chi connectivity index (χ1) is 7.72. The van der Waals surface area contributed by atoms with Crippen molar-refractivity contribution in [1.82, 2.24) is 14.3 Å². The first-order valence-corrected chi connectivity index (χ1v) is 7.20. The Morgan fingerprint density at radius 3 is 2.47 bits per heavy atom. The number of hydrogen-bond donors (Lipinski definition) is 1. The zero-order chi connectivity index (χ0) is 13.2. The monoisotopic (exact) mass is 280 g/mol. The Morgan fingerprint density at radius 1 is 1.35 bits per heavy atom. The highest BCUT2D eigenvalue weighted by Gasteiger charge is 2.10. The second kappa shape index (κ2) is 5.02. The molecule has 1 aromatic rings. The van der Waals surface area contributed by atoms with Crippen LogP contribution in [0.25, 0.3) is 0 Å². The van der Waals surface area contributed by atoms with Gasteiger partial charge in [-0.05, 0) is 0 Å². The third kappa shape index (κ3) is 3.68. The zero-order valence-corrected chi connectivity index (χ0v) is 10.9. The van der Waals surface area contributed by atoms with Gasteiger partial charge in [-0.3, -0.25) is 9.36 Å². The Bertz CT molecular complexity index is 630. The van der Waals surface area contributed by atoms with Gasteiger partial charge in [-0.2, -0.15) is 5.10 Å². The van der Waals surface area contributed by atoms with Crippen molar-refractivity contribution in [1.29, 1.82) is 0 Å². The maximum absolute atomic E-state index is 11.6. The molecule has 0 aliphatic rings. The predicted molar refractivity (Wildman–Crippen MR) is 63.4 cm³/mol. The molecular formula is C7H12N4O4S2. The first kappa shape index (κ1) is 13.9. The smallest absolute Gasteiger partial charge is 0.266 e. The summed E-state index contributed by atoms with van der Waals surface area (Å²) in [6, 6.07) is 0. The van der Waals surface area contributed by atoms with E-state index in [1.54, 1.807) is 0 Å². The molecule has 0 unspecified atom stereocenters. The van der Waals surface area contributed by atoms with E-state index >= 15 is 0 Å². The van der Waals surface area contributed by atoms with E-state index in [9.17, 15) is 18.0 Å². The number of rotatable bonds is 4. The molecule has 1 aromatic heterocycles. The van der Waals surface area contributed by atoms with Crippen LogP contribution >= 0.6 is 11.8 Å². The number of thioether (sulfide) groups is 1. The Kier molecular flexibility index (Phi) is 4.11. The summed E-state index contributed by atoms with van der Waals surface area (Å²) in [4.78, 5) is 22.9. The molecule has 0 saturated carbocycles. The average molecular weight is 280 g/mol. The van der Waals surface area contributed by atoms with E-state index in [4.69, 9.17) is 5.14 Å². The van der Waals surface area contributed by atoms with Crippen molar-refractivity contribution in [2.24, 2.45) is 19.2 Å². The van der Waals surface area contributed by atoms with Crippen molar-refractivity contribution in [3.63, 3.8) is 0 Å². The molecule has 0 fully saturated rings. The van der Waals surface area contributed by atoms with Crippen molar-refractivity contribution < 1.29 is 8.42 Å². The number of nitrogens with two attached hydrogens (primary N) is 1. The number of aromatic nitrogens is 3. The number of hydrogen-bond acceptors (Lipinski definition) is 6. The largest absolute Gasteiger partial charge is 0.346 e. The Morgan fingerprint density at radius 2 is 1.94 bits per heavy atom. The molecule has 0 radical (unpaired) electrons. The fourth-order valence-corrected chi connectivity index (χ4v) is 2.91. The minimum Gasteiger partial charge on any atom is -0.266 e. The molecule has 1 rings (SSSR count). The molecule has 0 spiro atoms. The van der Waals surface area contributed by atoms with E-state index in [2.05, 4.69) is 5.10 Å². The lowest BCUT2D eigenvalue weighted by molar-refractivity contribution is 0.562.